The average molecular weight is 468 g/mol. The van der Waals surface area contributed by atoms with E-state index in [2.05, 4.69) is 31.9 Å². The van der Waals surface area contributed by atoms with Crippen LogP contribution in [0.15, 0.2) is 67.3 Å². The molecular formula is C18H12Br2O3S. The number of benzene rings is 1. The van der Waals surface area contributed by atoms with Crippen LogP contribution in [-0.4, -0.2) is 5.78 Å². The summed E-state index contributed by atoms with van der Waals surface area (Å²) >= 11 is 8.18. The normalized spacial score (nSPS) is 11.1. The number of rotatable bonds is 6. The Morgan fingerprint density at radius 3 is 2.79 bits per heavy atom. The summed E-state index contributed by atoms with van der Waals surface area (Å²) in [5, 5.41) is 1.88. The van der Waals surface area contributed by atoms with Gasteiger partial charge in [0.2, 0.25) is 0 Å². The molecule has 0 radical (unpaired) electrons. The lowest BCUT2D eigenvalue weighted by atomic mass is 10.3. The second-order valence-corrected chi connectivity index (χ2v) is 7.53. The lowest BCUT2D eigenvalue weighted by molar-refractivity contribution is 0.105. The van der Waals surface area contributed by atoms with Crippen molar-refractivity contribution < 1.29 is 13.9 Å². The highest BCUT2D eigenvalue weighted by Gasteiger charge is 2.06. The molecule has 0 saturated heterocycles. The highest BCUT2D eigenvalue weighted by atomic mass is 79.9. The Bertz CT molecular complexity index is 880. The van der Waals surface area contributed by atoms with Crippen molar-refractivity contribution in [1.82, 2.24) is 0 Å². The first-order valence-corrected chi connectivity index (χ1v) is 9.51. The fourth-order valence-electron chi connectivity index (χ4n) is 1.95. The minimum Gasteiger partial charge on any atom is -0.484 e. The summed E-state index contributed by atoms with van der Waals surface area (Å²) in [7, 11) is 0. The Morgan fingerprint density at radius 1 is 1.21 bits per heavy atom. The number of ketones is 1. The third kappa shape index (κ3) is 4.47. The van der Waals surface area contributed by atoms with E-state index in [-0.39, 0.29) is 5.78 Å². The van der Waals surface area contributed by atoms with Gasteiger partial charge in [-0.2, -0.15) is 0 Å². The van der Waals surface area contributed by atoms with Crippen LogP contribution in [-0.2, 0) is 6.61 Å². The van der Waals surface area contributed by atoms with Crippen LogP contribution in [0.4, 0.5) is 0 Å². The van der Waals surface area contributed by atoms with Crippen molar-refractivity contribution in [3.05, 3.63) is 79.3 Å². The Kier molecular flexibility index (Phi) is 5.71. The Labute approximate surface area is 160 Å². The van der Waals surface area contributed by atoms with Gasteiger partial charge in [0.1, 0.15) is 23.9 Å². The first-order chi connectivity index (χ1) is 11.6. The van der Waals surface area contributed by atoms with E-state index >= 15 is 0 Å². The summed E-state index contributed by atoms with van der Waals surface area (Å²) in [5.41, 5.74) is 0. The van der Waals surface area contributed by atoms with E-state index in [0.29, 0.717) is 23.0 Å². The number of hydrogen-bond donors (Lipinski definition) is 0. The molecule has 2 heterocycles. The quantitative estimate of drug-likeness (QED) is 0.313. The van der Waals surface area contributed by atoms with Gasteiger partial charge in [0.05, 0.1) is 9.35 Å². The Hall–Kier alpha value is -1.63. The Morgan fingerprint density at radius 2 is 2.04 bits per heavy atom. The summed E-state index contributed by atoms with van der Waals surface area (Å²) in [4.78, 5) is 12.7. The average Bonchev–Trinajstić information content (AvgIpc) is 3.21. The number of allylic oxidation sites excluding steroid dienone is 1. The number of hydrogen-bond acceptors (Lipinski definition) is 4. The molecule has 0 saturated carbocycles. The summed E-state index contributed by atoms with van der Waals surface area (Å²) in [6.45, 7) is 0.322. The molecule has 6 heteroatoms. The lowest BCUT2D eigenvalue weighted by Crippen LogP contribution is -1.94. The lowest BCUT2D eigenvalue weighted by Gasteiger charge is -2.05. The van der Waals surface area contributed by atoms with E-state index in [1.807, 2.05) is 41.8 Å². The maximum absolute atomic E-state index is 12.0. The highest BCUT2D eigenvalue weighted by molar-refractivity contribution is 9.10. The van der Waals surface area contributed by atoms with Gasteiger partial charge in [-0.3, -0.25) is 4.79 Å². The van der Waals surface area contributed by atoms with Crippen molar-refractivity contribution in [1.29, 1.82) is 0 Å². The first kappa shape index (κ1) is 17.2. The molecule has 122 valence electrons. The second-order valence-electron chi connectivity index (χ2n) is 4.85. The molecule has 3 aromatic rings. The van der Waals surface area contributed by atoms with Gasteiger partial charge < -0.3 is 9.15 Å². The molecule has 0 unspecified atom stereocenters. The maximum atomic E-state index is 12.0. The predicted molar refractivity (Wildman–Crippen MR) is 103 cm³/mol. The number of furan rings is 1. The number of carbonyl (C=O) groups excluding carboxylic acids is 1. The van der Waals surface area contributed by atoms with Crippen LogP contribution in [0.5, 0.6) is 5.75 Å². The molecule has 0 amide bonds. The molecule has 0 aliphatic carbocycles. The zero-order valence-corrected chi connectivity index (χ0v) is 16.4. The molecule has 24 heavy (non-hydrogen) atoms. The van der Waals surface area contributed by atoms with Crippen LogP contribution in [0.3, 0.4) is 0 Å². The first-order valence-electron chi connectivity index (χ1n) is 7.04. The monoisotopic (exact) mass is 466 g/mol. The fraction of sp³-hybridized carbons (Fsp3) is 0.0556. The molecule has 0 N–H and O–H groups in total. The molecule has 0 aliphatic heterocycles. The molecule has 0 bridgehead atoms. The van der Waals surface area contributed by atoms with E-state index in [9.17, 15) is 4.79 Å². The highest BCUT2D eigenvalue weighted by Crippen LogP contribution is 2.25. The van der Waals surface area contributed by atoms with Crippen molar-refractivity contribution >= 4 is 55.1 Å². The summed E-state index contributed by atoms with van der Waals surface area (Å²) in [6.07, 6.45) is 3.17. The zero-order valence-electron chi connectivity index (χ0n) is 12.4. The molecule has 3 rings (SSSR count). The van der Waals surface area contributed by atoms with Gasteiger partial charge in [0, 0.05) is 9.85 Å². The predicted octanol–water partition coefficient (Wildman–Crippen LogP) is 6.34. The van der Waals surface area contributed by atoms with Gasteiger partial charge in [-0.05, 0) is 74.3 Å². The van der Waals surface area contributed by atoms with E-state index in [1.54, 1.807) is 12.1 Å². The smallest absolute Gasteiger partial charge is 0.195 e. The molecular weight excluding hydrogens is 456 g/mol. The molecule has 3 nitrogen and oxygen atoms in total. The minimum absolute atomic E-state index is 0.0480. The molecule has 0 atom stereocenters. The number of halogens is 2. The van der Waals surface area contributed by atoms with Gasteiger partial charge in [-0.1, -0.05) is 12.1 Å². The third-order valence-electron chi connectivity index (χ3n) is 3.10. The van der Waals surface area contributed by atoms with Crippen molar-refractivity contribution in [3.63, 3.8) is 0 Å². The number of ether oxygens (including phenoxy) is 1. The van der Waals surface area contributed by atoms with E-state index < -0.39 is 0 Å². The van der Waals surface area contributed by atoms with Crippen LogP contribution < -0.4 is 4.74 Å². The van der Waals surface area contributed by atoms with Crippen LogP contribution in [0, 0.1) is 0 Å². The maximum Gasteiger partial charge on any atom is 0.195 e. The fourth-order valence-corrected chi connectivity index (χ4v) is 3.70. The van der Waals surface area contributed by atoms with Crippen molar-refractivity contribution in [2.24, 2.45) is 0 Å². The second kappa shape index (κ2) is 7.96. The number of para-hydroxylation sites is 1. The molecule has 1 aromatic carbocycles. The van der Waals surface area contributed by atoms with E-state index in [4.69, 9.17) is 9.15 Å². The van der Waals surface area contributed by atoms with Crippen molar-refractivity contribution in [2.75, 3.05) is 0 Å². The van der Waals surface area contributed by atoms with Crippen LogP contribution in [0.25, 0.3) is 6.08 Å². The third-order valence-corrected chi connectivity index (χ3v) is 5.46. The van der Waals surface area contributed by atoms with Crippen molar-refractivity contribution in [2.45, 2.75) is 6.61 Å². The topological polar surface area (TPSA) is 39.4 Å². The van der Waals surface area contributed by atoms with E-state index in [0.717, 1.165) is 14.7 Å². The van der Waals surface area contributed by atoms with Crippen molar-refractivity contribution in [3.8, 4) is 5.75 Å². The standard InChI is InChI=1S/C18H12Br2O3S/c19-12-9-18(24-11-12)16(21)8-7-13-5-6-14(23-13)10-22-17-4-2-1-3-15(17)20/h1-9,11H,10H2/b8-7+. The summed E-state index contributed by atoms with van der Waals surface area (Å²) < 4.78 is 13.2. The Balaban J connectivity index is 1.60. The molecule has 0 aliphatic rings. The summed E-state index contributed by atoms with van der Waals surface area (Å²) in [5.74, 6) is 2.01. The van der Waals surface area contributed by atoms with Gasteiger partial charge in [0.15, 0.2) is 5.78 Å². The molecule has 0 fully saturated rings. The van der Waals surface area contributed by atoms with Gasteiger partial charge >= 0.3 is 0 Å². The number of carbonyl (C=O) groups is 1. The van der Waals surface area contributed by atoms with Crippen LogP contribution in [0.2, 0.25) is 0 Å². The minimum atomic E-state index is -0.0480. The summed E-state index contributed by atoms with van der Waals surface area (Å²) in [6, 6.07) is 13.1. The SMILES string of the molecule is O=C(/C=C/c1ccc(COc2ccccc2Br)o1)c1cc(Br)cs1. The van der Waals surface area contributed by atoms with Crippen LogP contribution in [0.1, 0.15) is 21.2 Å². The molecule has 2 aromatic heterocycles. The van der Waals surface area contributed by atoms with Crippen LogP contribution >= 0.6 is 43.2 Å². The van der Waals surface area contributed by atoms with E-state index in [1.165, 1.54) is 17.4 Å². The zero-order chi connectivity index (χ0) is 16.9. The largest absolute Gasteiger partial charge is 0.484 e. The van der Waals surface area contributed by atoms with Gasteiger partial charge in [-0.25, -0.2) is 0 Å². The van der Waals surface area contributed by atoms with Gasteiger partial charge in [-0.15, -0.1) is 11.3 Å². The van der Waals surface area contributed by atoms with Gasteiger partial charge in [0.25, 0.3) is 0 Å². The number of thiophene rings is 1. The molecule has 0 spiro atoms.